The van der Waals surface area contributed by atoms with Gasteiger partial charge in [0.15, 0.2) is 0 Å². The lowest BCUT2D eigenvalue weighted by molar-refractivity contribution is 0.612. The second kappa shape index (κ2) is 4.78. The van der Waals surface area contributed by atoms with Crippen LogP contribution in [0.4, 0.5) is 0 Å². The molecule has 1 aliphatic rings. The van der Waals surface area contributed by atoms with Gasteiger partial charge in [0, 0.05) is 29.0 Å². The number of nitrogens with one attached hydrogen (secondary N) is 1. The monoisotopic (exact) mass is 259 g/mol. The summed E-state index contributed by atoms with van der Waals surface area (Å²) in [5, 5.41) is 7.68. The SMILES string of the molecule is CC(C)c1nc2c(c(-c3ccsc3)n1)CCNC2. The van der Waals surface area contributed by atoms with Gasteiger partial charge in [-0.15, -0.1) is 0 Å². The number of hydrogen-bond acceptors (Lipinski definition) is 4. The van der Waals surface area contributed by atoms with Crippen molar-refractivity contribution in [2.24, 2.45) is 0 Å². The van der Waals surface area contributed by atoms with Crippen molar-refractivity contribution in [3.63, 3.8) is 0 Å². The van der Waals surface area contributed by atoms with E-state index < -0.39 is 0 Å². The predicted molar refractivity (Wildman–Crippen MR) is 74.8 cm³/mol. The van der Waals surface area contributed by atoms with Crippen molar-refractivity contribution < 1.29 is 0 Å². The lowest BCUT2D eigenvalue weighted by atomic mass is 10.00. The van der Waals surface area contributed by atoms with Crippen molar-refractivity contribution in [3.05, 3.63) is 33.9 Å². The van der Waals surface area contributed by atoms with E-state index in [1.807, 2.05) is 0 Å². The topological polar surface area (TPSA) is 37.8 Å². The van der Waals surface area contributed by atoms with E-state index in [2.05, 4.69) is 36.0 Å². The third kappa shape index (κ3) is 2.06. The van der Waals surface area contributed by atoms with Gasteiger partial charge in [-0.05, 0) is 24.4 Å². The van der Waals surface area contributed by atoms with Crippen LogP contribution in [-0.4, -0.2) is 16.5 Å². The van der Waals surface area contributed by atoms with Crippen LogP contribution in [0.2, 0.25) is 0 Å². The Hall–Kier alpha value is -1.26. The van der Waals surface area contributed by atoms with Crippen LogP contribution < -0.4 is 5.32 Å². The van der Waals surface area contributed by atoms with Crippen LogP contribution in [0.3, 0.4) is 0 Å². The fourth-order valence-electron chi connectivity index (χ4n) is 2.27. The van der Waals surface area contributed by atoms with Crippen LogP contribution in [0.5, 0.6) is 0 Å². The molecule has 0 radical (unpaired) electrons. The number of hydrogen-bond donors (Lipinski definition) is 1. The van der Waals surface area contributed by atoms with Crippen molar-refractivity contribution in [1.82, 2.24) is 15.3 Å². The van der Waals surface area contributed by atoms with E-state index in [4.69, 9.17) is 9.97 Å². The van der Waals surface area contributed by atoms with Gasteiger partial charge in [-0.2, -0.15) is 11.3 Å². The highest BCUT2D eigenvalue weighted by Crippen LogP contribution is 2.28. The second-order valence-corrected chi connectivity index (χ2v) is 5.73. The third-order valence-electron chi connectivity index (χ3n) is 3.27. The molecule has 4 heteroatoms. The quantitative estimate of drug-likeness (QED) is 0.901. The summed E-state index contributed by atoms with van der Waals surface area (Å²) in [7, 11) is 0. The van der Waals surface area contributed by atoms with Gasteiger partial charge >= 0.3 is 0 Å². The molecule has 2 aromatic rings. The van der Waals surface area contributed by atoms with E-state index in [0.29, 0.717) is 5.92 Å². The maximum absolute atomic E-state index is 4.80. The molecule has 0 saturated carbocycles. The Labute approximate surface area is 111 Å². The smallest absolute Gasteiger partial charge is 0.131 e. The first-order chi connectivity index (χ1) is 8.75. The number of rotatable bonds is 2. The molecular weight excluding hydrogens is 242 g/mol. The fourth-order valence-corrected chi connectivity index (χ4v) is 2.92. The largest absolute Gasteiger partial charge is 0.311 e. The summed E-state index contributed by atoms with van der Waals surface area (Å²) in [5.74, 6) is 1.33. The molecule has 94 valence electrons. The first-order valence-corrected chi connectivity index (χ1v) is 7.33. The summed E-state index contributed by atoms with van der Waals surface area (Å²) in [6.07, 6.45) is 1.03. The number of fused-ring (bicyclic) bond motifs is 1. The molecule has 3 rings (SSSR count). The van der Waals surface area contributed by atoms with Gasteiger partial charge in [-0.3, -0.25) is 0 Å². The Balaban J connectivity index is 2.18. The average Bonchev–Trinajstić information content (AvgIpc) is 2.91. The molecule has 1 aliphatic heterocycles. The van der Waals surface area contributed by atoms with E-state index >= 15 is 0 Å². The van der Waals surface area contributed by atoms with Gasteiger partial charge in [0.25, 0.3) is 0 Å². The number of aromatic nitrogens is 2. The second-order valence-electron chi connectivity index (χ2n) is 4.95. The summed E-state index contributed by atoms with van der Waals surface area (Å²) in [5.41, 5.74) is 4.90. The molecule has 0 bridgehead atoms. The lowest BCUT2D eigenvalue weighted by Crippen LogP contribution is -2.26. The maximum atomic E-state index is 4.80. The Kier molecular flexibility index (Phi) is 3.14. The van der Waals surface area contributed by atoms with E-state index in [0.717, 1.165) is 31.0 Å². The molecule has 0 amide bonds. The van der Waals surface area contributed by atoms with E-state index in [1.165, 1.54) is 16.8 Å². The number of thiophene rings is 1. The van der Waals surface area contributed by atoms with Gasteiger partial charge in [0.05, 0.1) is 11.4 Å². The molecule has 0 fully saturated rings. The van der Waals surface area contributed by atoms with Crippen molar-refractivity contribution in [1.29, 1.82) is 0 Å². The van der Waals surface area contributed by atoms with Crippen molar-refractivity contribution in [3.8, 4) is 11.3 Å². The fraction of sp³-hybridized carbons (Fsp3) is 0.429. The highest BCUT2D eigenvalue weighted by Gasteiger charge is 2.19. The van der Waals surface area contributed by atoms with Gasteiger partial charge in [-0.25, -0.2) is 9.97 Å². The normalized spacial score (nSPS) is 14.8. The Morgan fingerprint density at radius 3 is 2.94 bits per heavy atom. The Morgan fingerprint density at radius 1 is 1.33 bits per heavy atom. The molecule has 1 N–H and O–H groups in total. The van der Waals surface area contributed by atoms with E-state index in [-0.39, 0.29) is 0 Å². The molecule has 0 aliphatic carbocycles. The van der Waals surface area contributed by atoms with Gasteiger partial charge in [0.1, 0.15) is 5.82 Å². The van der Waals surface area contributed by atoms with Crippen LogP contribution in [-0.2, 0) is 13.0 Å². The number of nitrogens with zero attached hydrogens (tertiary/aromatic N) is 2. The van der Waals surface area contributed by atoms with Crippen molar-refractivity contribution >= 4 is 11.3 Å². The highest BCUT2D eigenvalue weighted by atomic mass is 32.1. The van der Waals surface area contributed by atoms with Gasteiger partial charge in [0.2, 0.25) is 0 Å². The highest BCUT2D eigenvalue weighted by molar-refractivity contribution is 7.08. The van der Waals surface area contributed by atoms with Gasteiger partial charge in [-0.1, -0.05) is 13.8 Å². The Bertz CT molecular complexity index is 546. The summed E-state index contributed by atoms with van der Waals surface area (Å²) in [6.45, 7) is 6.19. The maximum Gasteiger partial charge on any atom is 0.131 e. The van der Waals surface area contributed by atoms with Crippen LogP contribution in [0, 0.1) is 0 Å². The van der Waals surface area contributed by atoms with Crippen molar-refractivity contribution in [2.75, 3.05) is 6.54 Å². The summed E-state index contributed by atoms with van der Waals surface area (Å²) in [4.78, 5) is 9.51. The van der Waals surface area contributed by atoms with Gasteiger partial charge < -0.3 is 5.32 Å². The van der Waals surface area contributed by atoms with Crippen LogP contribution in [0.15, 0.2) is 16.8 Å². The third-order valence-corrected chi connectivity index (χ3v) is 3.95. The zero-order valence-corrected chi connectivity index (χ0v) is 11.5. The van der Waals surface area contributed by atoms with Crippen LogP contribution >= 0.6 is 11.3 Å². The molecule has 0 unspecified atom stereocenters. The van der Waals surface area contributed by atoms with Crippen molar-refractivity contribution in [2.45, 2.75) is 32.7 Å². The molecule has 18 heavy (non-hydrogen) atoms. The molecular formula is C14H17N3S. The van der Waals surface area contributed by atoms with E-state index in [9.17, 15) is 0 Å². The standard InChI is InChI=1S/C14H17N3S/c1-9(2)14-16-12-7-15-5-3-11(12)13(17-14)10-4-6-18-8-10/h4,6,8-9,15H,3,5,7H2,1-2H3. The van der Waals surface area contributed by atoms with E-state index in [1.54, 1.807) is 11.3 Å². The molecule has 0 aromatic carbocycles. The molecule has 0 atom stereocenters. The minimum atomic E-state index is 0.370. The zero-order valence-electron chi connectivity index (χ0n) is 10.7. The molecule has 2 aromatic heterocycles. The first-order valence-electron chi connectivity index (χ1n) is 6.38. The Morgan fingerprint density at radius 2 is 2.22 bits per heavy atom. The zero-order chi connectivity index (χ0) is 12.5. The van der Waals surface area contributed by atoms with Crippen LogP contribution in [0.1, 0.15) is 36.8 Å². The predicted octanol–water partition coefficient (Wildman–Crippen LogP) is 2.97. The minimum absolute atomic E-state index is 0.370. The first kappa shape index (κ1) is 11.8. The molecule has 0 saturated heterocycles. The molecule has 0 spiro atoms. The lowest BCUT2D eigenvalue weighted by Gasteiger charge is -2.20. The summed E-state index contributed by atoms with van der Waals surface area (Å²) >= 11 is 1.72. The summed E-state index contributed by atoms with van der Waals surface area (Å²) < 4.78 is 0. The van der Waals surface area contributed by atoms with Crippen LogP contribution in [0.25, 0.3) is 11.3 Å². The minimum Gasteiger partial charge on any atom is -0.311 e. The summed E-state index contributed by atoms with van der Waals surface area (Å²) in [6, 6.07) is 2.15. The molecule has 3 heterocycles. The average molecular weight is 259 g/mol. The molecule has 3 nitrogen and oxygen atoms in total.